The smallest absolute Gasteiger partial charge is 0.264 e. The summed E-state index contributed by atoms with van der Waals surface area (Å²) >= 11 is 0. The number of aryl methyl sites for hydroxylation is 1. The van der Waals surface area contributed by atoms with Crippen LogP contribution in [0.3, 0.4) is 0 Å². The molecule has 6 aromatic rings. The second-order valence-electron chi connectivity index (χ2n) is 10.1. The van der Waals surface area contributed by atoms with E-state index in [1.807, 2.05) is 62.4 Å². The summed E-state index contributed by atoms with van der Waals surface area (Å²) in [7, 11) is -3.82. The maximum atomic E-state index is 14.2. The second-order valence-corrected chi connectivity index (χ2v) is 12.0. The third kappa shape index (κ3) is 3.61. The molecule has 39 heavy (non-hydrogen) atoms. The number of nitrogens with zero attached hydrogens (tertiary/aromatic N) is 1. The summed E-state index contributed by atoms with van der Waals surface area (Å²) in [4.78, 5) is 0.308. The van der Waals surface area contributed by atoms with E-state index in [9.17, 15) is 8.42 Å². The molecule has 1 atom stereocenters. The van der Waals surface area contributed by atoms with Crippen molar-refractivity contribution in [1.29, 1.82) is 0 Å². The zero-order valence-electron chi connectivity index (χ0n) is 21.8. The zero-order chi connectivity index (χ0) is 26.7. The van der Waals surface area contributed by atoms with Gasteiger partial charge in [-0.15, -0.1) is 0 Å². The van der Waals surface area contributed by atoms with Gasteiger partial charge in [0, 0.05) is 21.9 Å². The van der Waals surface area contributed by atoms with E-state index in [1.54, 1.807) is 22.5 Å². The Bertz CT molecular complexity index is 2000. The summed E-state index contributed by atoms with van der Waals surface area (Å²) in [6, 6.07) is 35.4. The van der Waals surface area contributed by atoms with Crippen LogP contribution >= 0.6 is 0 Å². The van der Waals surface area contributed by atoms with Gasteiger partial charge in [-0.25, -0.2) is 8.42 Å². The Morgan fingerprint density at radius 3 is 2.33 bits per heavy atom. The molecule has 0 saturated heterocycles. The van der Waals surface area contributed by atoms with Gasteiger partial charge in [0.05, 0.1) is 16.6 Å². The number of sulfonamides is 1. The number of para-hydroxylation sites is 2. The SMILES string of the molecule is CCC1c2ccccc2-c2cc(-c3cccc4c3oc3ccccc34)ccc2N1S(=O)(=O)c1cccc(C)c1. The van der Waals surface area contributed by atoms with Gasteiger partial charge in [-0.05, 0) is 65.9 Å². The summed E-state index contributed by atoms with van der Waals surface area (Å²) in [5, 5.41) is 2.15. The number of hydrogen-bond donors (Lipinski definition) is 0. The predicted octanol–water partition coefficient (Wildman–Crippen LogP) is 8.89. The number of anilines is 1. The molecule has 2 heterocycles. The van der Waals surface area contributed by atoms with Gasteiger partial charge >= 0.3 is 0 Å². The van der Waals surface area contributed by atoms with Crippen molar-refractivity contribution < 1.29 is 12.8 Å². The van der Waals surface area contributed by atoms with E-state index in [-0.39, 0.29) is 6.04 Å². The third-order valence-corrected chi connectivity index (χ3v) is 9.59. The average molecular weight is 530 g/mol. The number of fused-ring (bicyclic) bond motifs is 6. The monoisotopic (exact) mass is 529 g/mol. The normalized spacial score (nSPS) is 14.9. The van der Waals surface area contributed by atoms with Gasteiger partial charge in [0.2, 0.25) is 0 Å². The highest BCUT2D eigenvalue weighted by Crippen LogP contribution is 2.50. The molecule has 4 nitrogen and oxygen atoms in total. The summed E-state index contributed by atoms with van der Waals surface area (Å²) < 4.78 is 36.4. The highest BCUT2D eigenvalue weighted by Gasteiger charge is 2.38. The summed E-state index contributed by atoms with van der Waals surface area (Å²) in [6.45, 7) is 3.96. The van der Waals surface area contributed by atoms with Crippen LogP contribution in [0.5, 0.6) is 0 Å². The standard InChI is InChI=1S/C34H27NO3S/c1-3-31-27-13-5-4-12-26(27)30-21-23(25-15-9-16-29-28-14-6-7-17-33(28)38-34(25)29)18-19-32(30)35(31)39(36,37)24-11-8-10-22(2)20-24/h4-21,31H,3H2,1-2H3. The maximum absolute atomic E-state index is 14.2. The quantitative estimate of drug-likeness (QED) is 0.229. The van der Waals surface area contributed by atoms with Crippen LogP contribution in [-0.4, -0.2) is 8.42 Å². The molecule has 0 aliphatic carbocycles. The highest BCUT2D eigenvalue weighted by atomic mass is 32.2. The predicted molar refractivity (Wildman–Crippen MR) is 158 cm³/mol. The molecule has 1 unspecified atom stereocenters. The zero-order valence-corrected chi connectivity index (χ0v) is 22.6. The molecule has 7 rings (SSSR count). The van der Waals surface area contributed by atoms with Crippen LogP contribution in [0.2, 0.25) is 0 Å². The van der Waals surface area contributed by atoms with Gasteiger partial charge in [0.1, 0.15) is 11.2 Å². The first kappa shape index (κ1) is 23.7. The van der Waals surface area contributed by atoms with Gasteiger partial charge in [0.15, 0.2) is 0 Å². The van der Waals surface area contributed by atoms with Gasteiger partial charge in [-0.2, -0.15) is 0 Å². The fourth-order valence-corrected chi connectivity index (χ4v) is 7.81. The van der Waals surface area contributed by atoms with Gasteiger partial charge in [0.25, 0.3) is 10.0 Å². The Balaban J connectivity index is 1.47. The van der Waals surface area contributed by atoms with Crippen molar-refractivity contribution in [2.75, 3.05) is 4.31 Å². The Morgan fingerprint density at radius 1 is 0.744 bits per heavy atom. The molecule has 0 fully saturated rings. The minimum atomic E-state index is -3.82. The van der Waals surface area contributed by atoms with E-state index in [0.717, 1.165) is 55.3 Å². The minimum Gasteiger partial charge on any atom is -0.455 e. The lowest BCUT2D eigenvalue weighted by Crippen LogP contribution is -2.37. The molecule has 0 bridgehead atoms. The van der Waals surface area contributed by atoms with E-state index >= 15 is 0 Å². The topological polar surface area (TPSA) is 50.5 Å². The molecule has 0 radical (unpaired) electrons. The maximum Gasteiger partial charge on any atom is 0.264 e. The van der Waals surface area contributed by atoms with E-state index < -0.39 is 10.0 Å². The highest BCUT2D eigenvalue weighted by molar-refractivity contribution is 7.92. The Hall–Kier alpha value is -4.35. The molecule has 1 aliphatic rings. The molecule has 5 heteroatoms. The van der Waals surface area contributed by atoms with Crippen LogP contribution < -0.4 is 4.31 Å². The van der Waals surface area contributed by atoms with E-state index in [0.29, 0.717) is 17.0 Å². The van der Waals surface area contributed by atoms with Crippen LogP contribution in [0.1, 0.15) is 30.5 Å². The average Bonchev–Trinajstić information content (AvgIpc) is 3.35. The second kappa shape index (κ2) is 8.85. The molecule has 0 spiro atoms. The Morgan fingerprint density at radius 2 is 1.49 bits per heavy atom. The van der Waals surface area contributed by atoms with E-state index in [4.69, 9.17) is 4.42 Å². The Labute approximate surface area is 228 Å². The molecule has 192 valence electrons. The molecular weight excluding hydrogens is 502 g/mol. The first-order valence-corrected chi connectivity index (χ1v) is 14.7. The lowest BCUT2D eigenvalue weighted by atomic mass is 9.87. The lowest BCUT2D eigenvalue weighted by Gasteiger charge is -2.39. The van der Waals surface area contributed by atoms with Crippen molar-refractivity contribution in [3.05, 3.63) is 120 Å². The lowest BCUT2D eigenvalue weighted by molar-refractivity contribution is 0.572. The van der Waals surface area contributed by atoms with Crippen LogP contribution in [0.25, 0.3) is 44.2 Å². The number of furan rings is 1. The number of rotatable bonds is 4. The van der Waals surface area contributed by atoms with Crippen LogP contribution in [-0.2, 0) is 10.0 Å². The molecule has 1 aromatic heterocycles. The van der Waals surface area contributed by atoms with Crippen LogP contribution in [0.15, 0.2) is 119 Å². The molecular formula is C34H27NO3S. The fourth-order valence-electron chi connectivity index (χ4n) is 5.99. The van der Waals surface area contributed by atoms with E-state index in [2.05, 4.69) is 42.5 Å². The molecule has 1 aliphatic heterocycles. The molecule has 0 saturated carbocycles. The Kier molecular flexibility index (Phi) is 5.39. The molecule has 5 aromatic carbocycles. The van der Waals surface area contributed by atoms with Gasteiger partial charge < -0.3 is 4.42 Å². The van der Waals surface area contributed by atoms with Crippen molar-refractivity contribution in [3.8, 4) is 22.3 Å². The van der Waals surface area contributed by atoms with Crippen molar-refractivity contribution in [2.24, 2.45) is 0 Å². The largest absolute Gasteiger partial charge is 0.455 e. The first-order chi connectivity index (χ1) is 19.0. The molecule has 0 N–H and O–H groups in total. The van der Waals surface area contributed by atoms with Crippen molar-refractivity contribution in [1.82, 2.24) is 0 Å². The first-order valence-electron chi connectivity index (χ1n) is 13.2. The molecule has 0 amide bonds. The fraction of sp³-hybridized carbons (Fsp3) is 0.118. The van der Waals surface area contributed by atoms with Gasteiger partial charge in [-0.1, -0.05) is 85.8 Å². The van der Waals surface area contributed by atoms with Gasteiger partial charge in [-0.3, -0.25) is 4.31 Å². The summed E-state index contributed by atoms with van der Waals surface area (Å²) in [6.07, 6.45) is 0.654. The minimum absolute atomic E-state index is 0.302. The van der Waals surface area contributed by atoms with Crippen molar-refractivity contribution >= 4 is 37.6 Å². The number of benzene rings is 5. The van der Waals surface area contributed by atoms with E-state index in [1.165, 1.54) is 0 Å². The van der Waals surface area contributed by atoms with Crippen LogP contribution in [0, 0.1) is 6.92 Å². The third-order valence-electron chi connectivity index (χ3n) is 7.78. The summed E-state index contributed by atoms with van der Waals surface area (Å²) in [5.41, 5.74) is 8.24. The van der Waals surface area contributed by atoms with Crippen molar-refractivity contribution in [3.63, 3.8) is 0 Å². The van der Waals surface area contributed by atoms with Crippen LogP contribution in [0.4, 0.5) is 5.69 Å². The summed E-state index contributed by atoms with van der Waals surface area (Å²) in [5.74, 6) is 0. The number of hydrogen-bond acceptors (Lipinski definition) is 3. The van der Waals surface area contributed by atoms with Crippen molar-refractivity contribution in [2.45, 2.75) is 31.2 Å².